The van der Waals surface area contributed by atoms with Crippen LogP contribution >= 0.6 is 11.6 Å². The van der Waals surface area contributed by atoms with E-state index >= 15 is 0 Å². The summed E-state index contributed by atoms with van der Waals surface area (Å²) < 4.78 is 26.4. The van der Waals surface area contributed by atoms with Crippen LogP contribution in [0.5, 0.6) is 17.2 Å². The molecule has 0 unspecified atom stereocenters. The van der Waals surface area contributed by atoms with Gasteiger partial charge in [-0.15, -0.1) is 0 Å². The van der Waals surface area contributed by atoms with Gasteiger partial charge in [-0.2, -0.15) is 0 Å². The molecule has 3 rings (SSSR count). The van der Waals surface area contributed by atoms with Crippen LogP contribution in [-0.4, -0.2) is 50.6 Å². The zero-order valence-electron chi connectivity index (χ0n) is 24.0. The molecule has 0 N–H and O–H groups in total. The summed E-state index contributed by atoms with van der Waals surface area (Å²) in [4.78, 5) is 38.8. The van der Waals surface area contributed by atoms with Crippen molar-refractivity contribution in [2.24, 2.45) is 4.99 Å². The highest BCUT2D eigenvalue weighted by Crippen LogP contribution is 2.29. The fourth-order valence-corrected chi connectivity index (χ4v) is 3.61. The second-order valence-corrected chi connectivity index (χ2v) is 9.32. The molecule has 0 aliphatic rings. The van der Waals surface area contributed by atoms with Crippen molar-refractivity contribution < 1.29 is 38.1 Å². The quantitative estimate of drug-likeness (QED) is 0.0541. The Hall–Kier alpha value is -5.15. The molecule has 44 heavy (non-hydrogen) atoms. The van der Waals surface area contributed by atoms with E-state index in [1.54, 1.807) is 54.8 Å². The second kappa shape index (κ2) is 18.4. The van der Waals surface area contributed by atoms with Gasteiger partial charge in [0.05, 0.1) is 37.1 Å². The Morgan fingerprint density at radius 1 is 0.705 bits per heavy atom. The first-order valence-corrected chi connectivity index (χ1v) is 14.0. The number of aliphatic imine (C=N–C) groups is 1. The van der Waals surface area contributed by atoms with E-state index in [-0.39, 0.29) is 24.0 Å². The minimum atomic E-state index is -0.586. The first kappa shape index (κ1) is 33.4. The average molecular weight is 618 g/mol. The molecule has 0 fully saturated rings. The van der Waals surface area contributed by atoms with Crippen LogP contribution in [0.3, 0.4) is 0 Å². The van der Waals surface area contributed by atoms with Gasteiger partial charge in [-0.3, -0.25) is 4.99 Å². The van der Waals surface area contributed by atoms with E-state index in [2.05, 4.69) is 18.2 Å². The van der Waals surface area contributed by atoms with Crippen molar-refractivity contribution in [1.29, 1.82) is 0 Å². The number of benzene rings is 3. The lowest BCUT2D eigenvalue weighted by molar-refractivity contribution is -0.138. The third kappa shape index (κ3) is 12.4. The van der Waals surface area contributed by atoms with Gasteiger partial charge in [0.2, 0.25) is 0 Å². The van der Waals surface area contributed by atoms with Crippen molar-refractivity contribution in [2.45, 2.75) is 12.8 Å². The van der Waals surface area contributed by atoms with E-state index in [0.29, 0.717) is 43.2 Å². The van der Waals surface area contributed by atoms with E-state index in [9.17, 15) is 14.4 Å². The van der Waals surface area contributed by atoms with Gasteiger partial charge < -0.3 is 23.7 Å². The van der Waals surface area contributed by atoms with Crippen LogP contribution in [0.15, 0.2) is 103 Å². The highest BCUT2D eigenvalue weighted by Gasteiger charge is 2.07. The van der Waals surface area contributed by atoms with Gasteiger partial charge in [0, 0.05) is 37.3 Å². The van der Waals surface area contributed by atoms with E-state index in [1.165, 1.54) is 6.08 Å². The van der Waals surface area contributed by atoms with Crippen molar-refractivity contribution in [3.05, 3.63) is 114 Å². The topological polar surface area (TPSA) is 110 Å². The molecule has 3 aromatic carbocycles. The van der Waals surface area contributed by atoms with Crippen LogP contribution in [0.1, 0.15) is 24.0 Å². The maximum Gasteiger partial charge on any atom is 0.336 e. The Bertz CT molecular complexity index is 1480. The molecule has 0 saturated heterocycles. The van der Waals surface area contributed by atoms with E-state index in [1.807, 2.05) is 24.3 Å². The molecule has 0 saturated carbocycles. The zero-order valence-corrected chi connectivity index (χ0v) is 24.7. The van der Waals surface area contributed by atoms with Crippen molar-refractivity contribution in [1.82, 2.24) is 0 Å². The lowest BCUT2D eigenvalue weighted by Crippen LogP contribution is -2.06. The maximum absolute atomic E-state index is 12.3. The molecule has 0 heterocycles. The van der Waals surface area contributed by atoms with Crippen LogP contribution in [0.2, 0.25) is 5.02 Å². The number of ether oxygens (including phenoxy) is 5. The molecule has 228 valence electrons. The summed E-state index contributed by atoms with van der Waals surface area (Å²) in [5, 5.41) is 0.240. The fourth-order valence-electron chi connectivity index (χ4n) is 3.40. The smallest absolute Gasteiger partial charge is 0.336 e. The number of halogens is 1. The Balaban J connectivity index is 1.42. The summed E-state index contributed by atoms with van der Waals surface area (Å²) in [6.07, 6.45) is 7.95. The van der Waals surface area contributed by atoms with Crippen LogP contribution in [0.4, 0.5) is 5.69 Å². The summed E-state index contributed by atoms with van der Waals surface area (Å²) in [5.74, 6) is 0.0440. The minimum Gasteiger partial charge on any atom is -0.493 e. The third-order valence-electron chi connectivity index (χ3n) is 5.60. The summed E-state index contributed by atoms with van der Waals surface area (Å²) in [5.41, 5.74) is 2.20. The fraction of sp³-hybridized carbons (Fsp3) is 0.176. The van der Waals surface area contributed by atoms with Crippen LogP contribution in [0.25, 0.3) is 6.08 Å². The van der Waals surface area contributed by atoms with Crippen molar-refractivity contribution in [2.75, 3.05) is 26.4 Å². The molecule has 0 aliphatic heterocycles. The van der Waals surface area contributed by atoms with E-state index in [0.717, 1.165) is 23.3 Å². The highest BCUT2D eigenvalue weighted by atomic mass is 35.5. The molecule has 3 aromatic rings. The van der Waals surface area contributed by atoms with Crippen molar-refractivity contribution in [3.8, 4) is 17.2 Å². The summed E-state index contributed by atoms with van der Waals surface area (Å²) >= 11 is 6.32. The molecule has 0 aromatic heterocycles. The Morgan fingerprint density at radius 2 is 1.25 bits per heavy atom. The van der Waals surface area contributed by atoms with Crippen LogP contribution in [0, 0.1) is 0 Å². The van der Waals surface area contributed by atoms with Crippen LogP contribution < -0.4 is 14.2 Å². The average Bonchev–Trinajstić information content (AvgIpc) is 3.04. The maximum atomic E-state index is 12.3. The zero-order chi connectivity index (χ0) is 31.6. The SMILES string of the molecule is C=CC(=O)OCCCOc1ccc(C=CC(=O)Oc2ccc(N=Cc3ccc(OCCCOC(=O)C=C)cc3)cc2Cl)cc1. The number of hydrogen-bond acceptors (Lipinski definition) is 9. The molecule has 9 nitrogen and oxygen atoms in total. The summed E-state index contributed by atoms with van der Waals surface area (Å²) in [6, 6.07) is 19.3. The third-order valence-corrected chi connectivity index (χ3v) is 5.89. The number of rotatable bonds is 17. The number of carbonyl (C=O) groups is 3. The predicted molar refractivity (Wildman–Crippen MR) is 169 cm³/mol. The lowest BCUT2D eigenvalue weighted by Gasteiger charge is -2.07. The van der Waals surface area contributed by atoms with Gasteiger partial charge in [-0.05, 0) is 71.8 Å². The molecule has 0 atom stereocenters. The number of nitrogens with zero attached hydrogens (tertiary/aromatic N) is 1. The van der Waals surface area contributed by atoms with E-state index in [4.69, 9.17) is 35.3 Å². The summed E-state index contributed by atoms with van der Waals surface area (Å²) in [6.45, 7) is 7.99. The van der Waals surface area contributed by atoms with Gasteiger partial charge in [0.15, 0.2) is 0 Å². The monoisotopic (exact) mass is 617 g/mol. The summed E-state index contributed by atoms with van der Waals surface area (Å²) in [7, 11) is 0. The van der Waals surface area contributed by atoms with Crippen LogP contribution in [-0.2, 0) is 23.9 Å². The minimum absolute atomic E-state index is 0.212. The Labute approximate surface area is 261 Å². The van der Waals surface area contributed by atoms with E-state index < -0.39 is 17.9 Å². The number of esters is 3. The van der Waals surface area contributed by atoms with Gasteiger partial charge in [-0.25, -0.2) is 14.4 Å². The number of carbonyl (C=O) groups excluding carboxylic acids is 3. The molecule has 0 amide bonds. The number of hydrogen-bond donors (Lipinski definition) is 0. The first-order valence-electron chi connectivity index (χ1n) is 13.6. The van der Waals surface area contributed by atoms with Crippen molar-refractivity contribution in [3.63, 3.8) is 0 Å². The molecular formula is C34H32ClNO8. The Kier molecular flexibility index (Phi) is 13.9. The molecule has 10 heteroatoms. The molecular weight excluding hydrogens is 586 g/mol. The molecule has 0 radical (unpaired) electrons. The second-order valence-electron chi connectivity index (χ2n) is 8.91. The lowest BCUT2D eigenvalue weighted by atomic mass is 10.2. The molecule has 0 aliphatic carbocycles. The van der Waals surface area contributed by atoms with Gasteiger partial charge in [-0.1, -0.05) is 36.9 Å². The van der Waals surface area contributed by atoms with Gasteiger partial charge in [0.1, 0.15) is 17.2 Å². The largest absolute Gasteiger partial charge is 0.493 e. The first-order chi connectivity index (χ1) is 21.4. The van der Waals surface area contributed by atoms with Gasteiger partial charge >= 0.3 is 17.9 Å². The standard InChI is InChI=1S/C34H32ClNO8/c1-3-32(37)42-21-5-19-40-28-13-7-25(8-14-28)11-18-34(39)44-31-17-12-27(23-30(31)35)36-24-26-9-15-29(16-10-26)41-20-6-22-43-33(38)4-2/h3-4,7-18,23-24H,1-2,5-6,19-22H2. The molecule has 0 bridgehead atoms. The van der Waals surface area contributed by atoms with Crippen molar-refractivity contribution >= 4 is 47.5 Å². The normalized spacial score (nSPS) is 10.8. The molecule has 0 spiro atoms. The van der Waals surface area contributed by atoms with Gasteiger partial charge in [0.25, 0.3) is 0 Å². The predicted octanol–water partition coefficient (Wildman–Crippen LogP) is 6.71. The highest BCUT2D eigenvalue weighted by molar-refractivity contribution is 6.32. The Morgan fingerprint density at radius 3 is 1.77 bits per heavy atom.